The highest BCUT2D eigenvalue weighted by molar-refractivity contribution is 5.37. The van der Waals surface area contributed by atoms with Crippen LogP contribution in [0.25, 0.3) is 0 Å². The van der Waals surface area contributed by atoms with Gasteiger partial charge in [-0.05, 0) is 42.7 Å². The number of methoxy groups -OCH3 is 1. The Morgan fingerprint density at radius 2 is 1.90 bits per heavy atom. The molecule has 0 fully saturated rings. The Hall–Kier alpha value is -1.84. The number of hydrogen-bond acceptors (Lipinski definition) is 3. The van der Waals surface area contributed by atoms with Gasteiger partial charge in [-0.3, -0.25) is 0 Å². The van der Waals surface area contributed by atoms with Crippen LogP contribution >= 0.6 is 0 Å². The van der Waals surface area contributed by atoms with Crippen molar-refractivity contribution in [2.45, 2.75) is 25.9 Å². The zero-order valence-corrected chi connectivity index (χ0v) is 12.8. The quantitative estimate of drug-likeness (QED) is 0.887. The van der Waals surface area contributed by atoms with Crippen LogP contribution in [-0.2, 0) is 0 Å². The van der Waals surface area contributed by atoms with Crippen molar-refractivity contribution >= 4 is 0 Å². The Morgan fingerprint density at radius 3 is 2.52 bits per heavy atom. The van der Waals surface area contributed by atoms with Crippen LogP contribution in [0.5, 0.6) is 5.75 Å². The van der Waals surface area contributed by atoms with Gasteiger partial charge in [-0.1, -0.05) is 35.9 Å². The summed E-state index contributed by atoms with van der Waals surface area (Å²) < 4.78 is 5.25. The third kappa shape index (κ3) is 3.43. The van der Waals surface area contributed by atoms with Gasteiger partial charge in [0, 0.05) is 12.5 Å². The minimum atomic E-state index is -0.622. The largest absolute Gasteiger partial charge is 0.497 e. The van der Waals surface area contributed by atoms with Crippen molar-refractivity contribution in [1.82, 2.24) is 0 Å². The number of aryl methyl sites for hydroxylation is 2. The van der Waals surface area contributed by atoms with Crippen molar-refractivity contribution < 1.29 is 9.84 Å². The van der Waals surface area contributed by atoms with Gasteiger partial charge in [-0.15, -0.1) is 0 Å². The van der Waals surface area contributed by atoms with E-state index in [0.717, 1.165) is 22.4 Å². The summed E-state index contributed by atoms with van der Waals surface area (Å²) in [5.74, 6) is 0.625. The number of aliphatic hydroxyl groups is 1. The number of nitrogens with two attached hydrogens (primary N) is 1. The summed E-state index contributed by atoms with van der Waals surface area (Å²) in [5, 5.41) is 10.7. The second kappa shape index (κ2) is 6.74. The molecule has 0 spiro atoms. The van der Waals surface area contributed by atoms with Gasteiger partial charge in [0.05, 0.1) is 13.2 Å². The van der Waals surface area contributed by atoms with Crippen LogP contribution in [0.1, 0.15) is 34.3 Å². The topological polar surface area (TPSA) is 55.5 Å². The summed E-state index contributed by atoms with van der Waals surface area (Å²) >= 11 is 0. The van der Waals surface area contributed by atoms with E-state index in [4.69, 9.17) is 10.5 Å². The Bertz CT molecular complexity index is 610. The van der Waals surface area contributed by atoms with Crippen LogP contribution in [0.15, 0.2) is 42.5 Å². The van der Waals surface area contributed by atoms with E-state index in [0.29, 0.717) is 6.54 Å². The maximum absolute atomic E-state index is 10.7. The highest BCUT2D eigenvalue weighted by atomic mass is 16.5. The highest BCUT2D eigenvalue weighted by Gasteiger charge is 2.23. The Balaban J connectivity index is 2.35. The lowest BCUT2D eigenvalue weighted by Gasteiger charge is -2.24. The molecule has 0 amide bonds. The van der Waals surface area contributed by atoms with Crippen LogP contribution in [0.2, 0.25) is 0 Å². The second-order valence-electron chi connectivity index (χ2n) is 5.42. The molecule has 3 heteroatoms. The Kier molecular flexibility index (Phi) is 4.99. The molecule has 0 heterocycles. The average molecular weight is 285 g/mol. The molecular weight excluding hydrogens is 262 g/mol. The zero-order valence-electron chi connectivity index (χ0n) is 12.8. The van der Waals surface area contributed by atoms with Crippen LogP contribution in [0.3, 0.4) is 0 Å². The molecule has 2 unspecified atom stereocenters. The van der Waals surface area contributed by atoms with Gasteiger partial charge in [-0.25, -0.2) is 0 Å². The first-order valence-corrected chi connectivity index (χ1v) is 7.16. The fraction of sp³-hybridized carbons (Fsp3) is 0.333. The predicted octanol–water partition coefficient (Wildman–Crippen LogP) is 3.09. The monoisotopic (exact) mass is 285 g/mol. The van der Waals surface area contributed by atoms with Crippen LogP contribution in [0.4, 0.5) is 0 Å². The molecular formula is C18H23NO2. The molecule has 2 aromatic rings. The third-order valence-corrected chi connectivity index (χ3v) is 3.90. The van der Waals surface area contributed by atoms with Crippen LogP contribution < -0.4 is 10.5 Å². The van der Waals surface area contributed by atoms with E-state index in [1.807, 2.05) is 50.2 Å². The number of benzene rings is 2. The molecule has 0 aliphatic heterocycles. The first-order chi connectivity index (χ1) is 10.1. The summed E-state index contributed by atoms with van der Waals surface area (Å²) in [5.41, 5.74) is 10.1. The van der Waals surface area contributed by atoms with Crippen molar-refractivity contribution in [3.63, 3.8) is 0 Å². The first kappa shape index (κ1) is 15.5. The maximum Gasteiger partial charge on any atom is 0.119 e. The molecule has 0 saturated carbocycles. The van der Waals surface area contributed by atoms with Crippen LogP contribution in [-0.4, -0.2) is 18.8 Å². The second-order valence-corrected chi connectivity index (χ2v) is 5.42. The predicted molar refractivity (Wildman–Crippen MR) is 85.7 cm³/mol. The third-order valence-electron chi connectivity index (χ3n) is 3.90. The Labute approximate surface area is 126 Å². The van der Waals surface area contributed by atoms with Crippen molar-refractivity contribution in [3.8, 4) is 5.75 Å². The lowest BCUT2D eigenvalue weighted by Crippen LogP contribution is -2.20. The number of rotatable bonds is 5. The van der Waals surface area contributed by atoms with Gasteiger partial charge in [0.2, 0.25) is 0 Å². The minimum Gasteiger partial charge on any atom is -0.497 e. The highest BCUT2D eigenvalue weighted by Crippen LogP contribution is 2.33. The SMILES string of the molecule is COc1cccc(C(CN)C(O)c2ccc(C)cc2C)c1. The average Bonchev–Trinajstić information content (AvgIpc) is 2.48. The minimum absolute atomic E-state index is 0.151. The first-order valence-electron chi connectivity index (χ1n) is 7.16. The van der Waals surface area contributed by atoms with E-state index in [2.05, 4.69) is 6.07 Å². The van der Waals surface area contributed by atoms with E-state index in [9.17, 15) is 5.11 Å². The molecule has 0 saturated heterocycles. The molecule has 2 aromatic carbocycles. The number of aliphatic hydroxyl groups excluding tert-OH is 1. The molecule has 3 nitrogen and oxygen atoms in total. The van der Waals surface area contributed by atoms with Gasteiger partial charge in [0.25, 0.3) is 0 Å². The van der Waals surface area contributed by atoms with Crippen molar-refractivity contribution in [1.29, 1.82) is 0 Å². The molecule has 21 heavy (non-hydrogen) atoms. The standard InChI is InChI=1S/C18H23NO2/c1-12-7-8-16(13(2)9-12)18(20)17(11-19)14-5-4-6-15(10-14)21-3/h4-10,17-18,20H,11,19H2,1-3H3. The molecule has 0 bridgehead atoms. The lowest BCUT2D eigenvalue weighted by atomic mass is 9.87. The van der Waals surface area contributed by atoms with Crippen molar-refractivity contribution in [3.05, 3.63) is 64.7 Å². The normalized spacial score (nSPS) is 13.8. The van der Waals surface area contributed by atoms with Crippen molar-refractivity contribution in [2.75, 3.05) is 13.7 Å². The van der Waals surface area contributed by atoms with E-state index in [1.54, 1.807) is 7.11 Å². The fourth-order valence-electron chi connectivity index (χ4n) is 2.69. The summed E-state index contributed by atoms with van der Waals surface area (Å²) in [7, 11) is 1.64. The summed E-state index contributed by atoms with van der Waals surface area (Å²) in [4.78, 5) is 0. The smallest absolute Gasteiger partial charge is 0.119 e. The molecule has 3 N–H and O–H groups in total. The summed E-state index contributed by atoms with van der Waals surface area (Å²) in [6, 6.07) is 13.8. The summed E-state index contributed by atoms with van der Waals surface area (Å²) in [6.07, 6.45) is -0.622. The molecule has 0 radical (unpaired) electrons. The molecule has 0 aliphatic rings. The van der Waals surface area contributed by atoms with E-state index < -0.39 is 6.10 Å². The molecule has 2 rings (SSSR count). The summed E-state index contributed by atoms with van der Waals surface area (Å²) in [6.45, 7) is 4.44. The van der Waals surface area contributed by atoms with Gasteiger partial charge < -0.3 is 15.6 Å². The molecule has 2 atom stereocenters. The Morgan fingerprint density at radius 1 is 1.14 bits per heavy atom. The molecule has 0 aliphatic carbocycles. The fourth-order valence-corrected chi connectivity index (χ4v) is 2.69. The van der Waals surface area contributed by atoms with E-state index in [1.165, 1.54) is 5.56 Å². The van der Waals surface area contributed by atoms with Gasteiger partial charge in [-0.2, -0.15) is 0 Å². The number of ether oxygens (including phenoxy) is 1. The lowest BCUT2D eigenvalue weighted by molar-refractivity contribution is 0.146. The number of hydrogen-bond donors (Lipinski definition) is 2. The molecule has 0 aromatic heterocycles. The van der Waals surface area contributed by atoms with Crippen molar-refractivity contribution in [2.24, 2.45) is 5.73 Å². The van der Waals surface area contributed by atoms with Gasteiger partial charge >= 0.3 is 0 Å². The van der Waals surface area contributed by atoms with Gasteiger partial charge in [0.15, 0.2) is 0 Å². The molecule has 112 valence electrons. The van der Waals surface area contributed by atoms with E-state index in [-0.39, 0.29) is 5.92 Å². The van der Waals surface area contributed by atoms with E-state index >= 15 is 0 Å². The van der Waals surface area contributed by atoms with Crippen LogP contribution in [0, 0.1) is 13.8 Å². The zero-order chi connectivity index (χ0) is 15.4. The maximum atomic E-state index is 10.7. The van der Waals surface area contributed by atoms with Gasteiger partial charge in [0.1, 0.15) is 5.75 Å².